The molecule has 2 aromatic heterocycles. The number of nitrogens with one attached hydrogen (secondary N) is 5. The number of alkyl carbamates (subject to hydrolysis) is 1. The van der Waals surface area contributed by atoms with E-state index in [1.54, 1.807) is 13.1 Å². The monoisotopic (exact) mass is 699 g/mol. The lowest BCUT2D eigenvalue weighted by atomic mass is 10.0. The zero-order valence-electron chi connectivity index (χ0n) is 28.6. The van der Waals surface area contributed by atoms with Crippen LogP contribution in [0.4, 0.5) is 10.6 Å². The molecule has 16 heteroatoms. The number of amides is 4. The molecule has 3 aliphatic rings. The van der Waals surface area contributed by atoms with E-state index in [1.807, 2.05) is 54.3 Å². The predicted molar refractivity (Wildman–Crippen MR) is 185 cm³/mol. The molecule has 5 N–H and O–H groups in total. The second-order valence-corrected chi connectivity index (χ2v) is 13.0. The fraction of sp³-hybridized carbons (Fsp3) is 0.429. The van der Waals surface area contributed by atoms with E-state index in [1.165, 1.54) is 12.0 Å². The van der Waals surface area contributed by atoms with Gasteiger partial charge in [0, 0.05) is 18.5 Å². The molecule has 7 rings (SSSR count). The molecule has 51 heavy (non-hydrogen) atoms. The molecule has 4 aromatic rings. The Labute approximate surface area is 293 Å². The van der Waals surface area contributed by atoms with E-state index in [-0.39, 0.29) is 30.6 Å². The largest absolute Gasteiger partial charge is 0.453 e. The average Bonchev–Trinajstić information content (AvgIpc) is 3.95. The molecule has 16 nitrogen and oxygen atoms in total. The lowest BCUT2D eigenvalue weighted by Crippen LogP contribution is -2.53. The highest BCUT2D eigenvalue weighted by molar-refractivity contribution is 6.04. The fourth-order valence-electron chi connectivity index (χ4n) is 6.91. The number of rotatable bonds is 10. The summed E-state index contributed by atoms with van der Waals surface area (Å²) < 4.78 is 15.0. The van der Waals surface area contributed by atoms with Gasteiger partial charge in [-0.1, -0.05) is 30.3 Å². The molecule has 4 atom stereocenters. The number of carbonyl (C=O) groups excluding carboxylic acids is 4. The van der Waals surface area contributed by atoms with Crippen molar-refractivity contribution in [2.24, 2.45) is 0 Å². The van der Waals surface area contributed by atoms with Gasteiger partial charge in [-0.15, -0.1) is 0 Å². The molecule has 0 radical (unpaired) electrons. The number of benzene rings is 2. The molecule has 0 saturated carbocycles. The molecular formula is C35H41N9O7. The first kappa shape index (κ1) is 34.1. The van der Waals surface area contributed by atoms with E-state index in [4.69, 9.17) is 9.47 Å². The molecule has 268 valence electrons. The highest BCUT2D eigenvalue weighted by Gasteiger charge is 2.37. The highest BCUT2D eigenvalue weighted by Crippen LogP contribution is 2.33. The van der Waals surface area contributed by atoms with E-state index < -0.39 is 30.6 Å². The van der Waals surface area contributed by atoms with Crippen molar-refractivity contribution in [3.05, 3.63) is 54.5 Å². The van der Waals surface area contributed by atoms with Crippen LogP contribution in [0.5, 0.6) is 0 Å². The summed E-state index contributed by atoms with van der Waals surface area (Å²) in [7, 11) is 1.23. The van der Waals surface area contributed by atoms with Crippen molar-refractivity contribution in [3.8, 4) is 22.4 Å². The van der Waals surface area contributed by atoms with Crippen molar-refractivity contribution >= 4 is 40.5 Å². The zero-order chi connectivity index (χ0) is 35.6. The number of hydrogen-bond donors (Lipinski definition) is 5. The average molecular weight is 700 g/mol. The zero-order valence-corrected chi connectivity index (χ0v) is 28.6. The van der Waals surface area contributed by atoms with Crippen molar-refractivity contribution in [3.63, 3.8) is 0 Å². The van der Waals surface area contributed by atoms with Gasteiger partial charge < -0.3 is 39.6 Å². The van der Waals surface area contributed by atoms with Gasteiger partial charge in [-0.2, -0.15) is 5.10 Å². The predicted octanol–water partition coefficient (Wildman–Crippen LogP) is 3.22. The molecule has 0 aliphatic carbocycles. The quantitative estimate of drug-likeness (QED) is 0.164. The number of H-pyrrole nitrogens is 2. The first-order valence-corrected chi connectivity index (χ1v) is 17.1. The van der Waals surface area contributed by atoms with Crippen LogP contribution in [0.15, 0.2) is 48.7 Å². The molecule has 0 spiro atoms. The fourth-order valence-corrected chi connectivity index (χ4v) is 6.91. The van der Waals surface area contributed by atoms with Gasteiger partial charge in [0.25, 0.3) is 0 Å². The van der Waals surface area contributed by atoms with Crippen LogP contribution in [0.1, 0.15) is 51.4 Å². The third-order valence-electron chi connectivity index (χ3n) is 9.70. The Bertz CT molecular complexity index is 1920. The minimum Gasteiger partial charge on any atom is -0.453 e. The summed E-state index contributed by atoms with van der Waals surface area (Å²) >= 11 is 0. The molecule has 3 saturated heterocycles. The SMILES string of the molecule is COC(=O)N[C@@H](C)C(=O)N1CCC[C@H]1C(=O)Nc1n[nH]c2cc(-c3ccc(-c4cnc([C@@H]5CCCN5C(=O)[C@H](C)NC5OCO5)[nH]4)cc3)ccc12. The number of methoxy groups -OCH3 is 1. The van der Waals surface area contributed by atoms with Crippen LogP contribution in [0.25, 0.3) is 33.3 Å². The van der Waals surface area contributed by atoms with Crippen LogP contribution in [0, 0.1) is 0 Å². The van der Waals surface area contributed by atoms with Gasteiger partial charge in [-0.3, -0.25) is 24.8 Å². The summed E-state index contributed by atoms with van der Waals surface area (Å²) in [5, 5.41) is 16.5. The number of aromatic nitrogens is 4. The molecule has 0 unspecified atom stereocenters. The second-order valence-electron chi connectivity index (χ2n) is 13.0. The highest BCUT2D eigenvalue weighted by atomic mass is 16.9. The Morgan fingerprint density at radius 2 is 1.63 bits per heavy atom. The number of fused-ring (bicyclic) bond motifs is 1. The molecule has 3 aliphatic heterocycles. The molecular weight excluding hydrogens is 658 g/mol. The summed E-state index contributed by atoms with van der Waals surface area (Å²) in [5.74, 6) is 0.426. The minimum absolute atomic E-state index is 0.0175. The van der Waals surface area contributed by atoms with Gasteiger partial charge in [0.15, 0.2) is 12.6 Å². The van der Waals surface area contributed by atoms with E-state index in [2.05, 4.69) is 40.9 Å². The third-order valence-corrected chi connectivity index (χ3v) is 9.70. The number of hydrogen-bond acceptors (Lipinski definition) is 10. The van der Waals surface area contributed by atoms with Crippen LogP contribution in [0.2, 0.25) is 0 Å². The van der Waals surface area contributed by atoms with E-state index >= 15 is 0 Å². The topological polar surface area (TPSA) is 196 Å². The maximum atomic E-state index is 13.3. The van der Waals surface area contributed by atoms with Crippen molar-refractivity contribution < 1.29 is 33.4 Å². The molecule has 5 heterocycles. The smallest absolute Gasteiger partial charge is 0.407 e. The molecule has 4 amide bonds. The minimum atomic E-state index is -0.831. The van der Waals surface area contributed by atoms with E-state index in [9.17, 15) is 19.2 Å². The Morgan fingerprint density at radius 1 is 0.922 bits per heavy atom. The number of anilines is 1. The maximum Gasteiger partial charge on any atom is 0.407 e. The molecule has 0 bridgehead atoms. The third kappa shape index (κ3) is 7.02. The van der Waals surface area contributed by atoms with Gasteiger partial charge in [0.05, 0.1) is 36.6 Å². The molecule has 2 aromatic carbocycles. The summed E-state index contributed by atoms with van der Waals surface area (Å²) in [6.07, 6.45) is 3.45. The van der Waals surface area contributed by atoms with E-state index in [0.717, 1.165) is 52.0 Å². The van der Waals surface area contributed by atoms with Gasteiger partial charge in [-0.05, 0) is 68.4 Å². The normalized spacial score (nSPS) is 20.2. The van der Waals surface area contributed by atoms with Crippen LogP contribution in [-0.4, -0.2) is 105 Å². The van der Waals surface area contributed by atoms with Crippen molar-refractivity contribution in [2.75, 3.05) is 32.3 Å². The number of nitrogens with zero attached hydrogens (tertiary/aromatic N) is 4. The van der Waals surface area contributed by atoms with E-state index in [0.29, 0.717) is 31.7 Å². The Morgan fingerprint density at radius 3 is 2.37 bits per heavy atom. The number of likely N-dealkylation sites (tertiary alicyclic amines) is 2. The number of ether oxygens (including phenoxy) is 3. The Kier molecular flexibility index (Phi) is 9.71. The van der Waals surface area contributed by atoms with Crippen LogP contribution < -0.4 is 16.0 Å². The Hall–Kier alpha value is -5.32. The summed E-state index contributed by atoms with van der Waals surface area (Å²) in [6, 6.07) is 11.8. The first-order chi connectivity index (χ1) is 24.7. The number of aromatic amines is 2. The van der Waals surface area contributed by atoms with Gasteiger partial charge in [-0.25, -0.2) is 9.78 Å². The van der Waals surface area contributed by atoms with Crippen LogP contribution in [-0.2, 0) is 28.6 Å². The lowest BCUT2D eigenvalue weighted by Gasteiger charge is -2.32. The first-order valence-electron chi connectivity index (χ1n) is 17.1. The van der Waals surface area contributed by atoms with Crippen molar-refractivity contribution in [1.82, 2.24) is 40.6 Å². The Balaban J connectivity index is 0.992. The van der Waals surface area contributed by atoms with Crippen molar-refractivity contribution in [2.45, 2.75) is 70.1 Å². The standard InChI is InChI=1S/C35H41N9O7/c1-19(37-34(48)49-3)32(46)44-15-5-7-28(44)31(45)40-29-24-13-12-23(16-25(24)41-42-29)21-8-10-22(11-9-21)26-17-36-30(39-26)27-6-4-14-43(27)33(47)20(2)38-35-50-18-51-35/h8-13,16-17,19-20,27-28,35,38H,4-7,14-15,18H2,1-3H3,(H,36,39)(H,37,48)(H2,40,41,42,45)/t19-,20-,27-,28-/m0/s1. The lowest BCUT2D eigenvalue weighted by molar-refractivity contribution is -0.334. The summed E-state index contributed by atoms with van der Waals surface area (Å²) in [6.45, 7) is 4.68. The van der Waals surface area contributed by atoms with Gasteiger partial charge >= 0.3 is 6.09 Å². The number of imidazole rings is 1. The van der Waals surface area contributed by atoms with Gasteiger partial charge in [0.2, 0.25) is 24.1 Å². The summed E-state index contributed by atoms with van der Waals surface area (Å²) in [4.78, 5) is 62.5. The van der Waals surface area contributed by atoms with Crippen LogP contribution in [0.3, 0.4) is 0 Å². The van der Waals surface area contributed by atoms with Gasteiger partial charge in [0.1, 0.15) is 17.9 Å². The maximum absolute atomic E-state index is 13.3. The molecule has 3 fully saturated rings. The number of carbonyl (C=O) groups is 4. The second kappa shape index (κ2) is 14.5. The van der Waals surface area contributed by atoms with Crippen LogP contribution >= 0.6 is 0 Å². The van der Waals surface area contributed by atoms with Crippen molar-refractivity contribution in [1.29, 1.82) is 0 Å². The summed E-state index contributed by atoms with van der Waals surface area (Å²) in [5.41, 5.74) is 4.52.